The number of carbonyl (C=O) groups is 2. The highest BCUT2D eigenvalue weighted by Gasteiger charge is 2.24. The average Bonchev–Trinajstić information content (AvgIpc) is 3.01. The van der Waals surface area contributed by atoms with Crippen molar-refractivity contribution in [1.29, 1.82) is 0 Å². The smallest absolute Gasteiger partial charge is 0.328 e. The van der Waals surface area contributed by atoms with Crippen LogP contribution in [0.5, 0.6) is 0 Å². The number of benzene rings is 4. The summed E-state index contributed by atoms with van der Waals surface area (Å²) in [5.74, 6) is -1.94. The van der Waals surface area contributed by atoms with Crippen molar-refractivity contribution in [3.8, 4) is 11.1 Å². The van der Waals surface area contributed by atoms with Crippen LogP contribution in [0.1, 0.15) is 33.5 Å². The Balaban J connectivity index is 1.72. The minimum Gasteiger partial charge on any atom is -0.467 e. The standard InChI is InChI=1S/C34H34F2N2O3S/c1-23-10-7-8-14-27(23)29-20-24(16-17-28(29)33(39)37-31(18-19-42-3)34(40)41-2)21-38(26-12-5-4-6-13-26)22-25-11-9-15-30(35)32(25)36/h4-17,20,31H,18-19,21-22H2,1-3H3,(H,37,39). The minimum atomic E-state index is -0.888. The highest BCUT2D eigenvalue weighted by Crippen LogP contribution is 2.30. The van der Waals surface area contributed by atoms with Crippen molar-refractivity contribution in [2.75, 3.05) is 24.0 Å². The molecule has 0 bridgehead atoms. The third-order valence-electron chi connectivity index (χ3n) is 7.05. The number of nitrogens with zero attached hydrogens (tertiary/aromatic N) is 1. The number of aryl methyl sites for hydroxylation is 1. The molecule has 8 heteroatoms. The van der Waals surface area contributed by atoms with Crippen molar-refractivity contribution in [2.24, 2.45) is 0 Å². The number of anilines is 1. The highest BCUT2D eigenvalue weighted by molar-refractivity contribution is 7.98. The minimum absolute atomic E-state index is 0.145. The zero-order valence-corrected chi connectivity index (χ0v) is 24.7. The number of thioether (sulfide) groups is 1. The molecule has 4 aromatic carbocycles. The van der Waals surface area contributed by atoms with Crippen molar-refractivity contribution in [3.63, 3.8) is 0 Å². The van der Waals surface area contributed by atoms with E-state index in [1.54, 1.807) is 23.9 Å². The van der Waals surface area contributed by atoms with Gasteiger partial charge in [-0.3, -0.25) is 4.79 Å². The Bertz CT molecular complexity index is 1530. The van der Waals surface area contributed by atoms with Crippen LogP contribution in [0, 0.1) is 18.6 Å². The summed E-state index contributed by atoms with van der Waals surface area (Å²) in [5, 5.41) is 2.86. The quantitative estimate of drug-likeness (QED) is 0.178. The van der Waals surface area contributed by atoms with Gasteiger partial charge in [0.15, 0.2) is 11.6 Å². The largest absolute Gasteiger partial charge is 0.467 e. The normalized spacial score (nSPS) is 11.5. The zero-order chi connectivity index (χ0) is 30.1. The van der Waals surface area contributed by atoms with E-state index in [0.29, 0.717) is 29.8 Å². The average molecular weight is 589 g/mol. The van der Waals surface area contributed by atoms with Crippen LogP contribution in [0.4, 0.5) is 14.5 Å². The van der Waals surface area contributed by atoms with Crippen molar-refractivity contribution >= 4 is 29.3 Å². The lowest BCUT2D eigenvalue weighted by Gasteiger charge is -2.26. The van der Waals surface area contributed by atoms with E-state index >= 15 is 0 Å². The zero-order valence-electron chi connectivity index (χ0n) is 23.9. The molecule has 0 fully saturated rings. The third-order valence-corrected chi connectivity index (χ3v) is 7.70. The van der Waals surface area contributed by atoms with Crippen LogP contribution in [-0.4, -0.2) is 37.0 Å². The molecular weight excluding hydrogens is 554 g/mol. The van der Waals surface area contributed by atoms with E-state index in [0.717, 1.165) is 28.4 Å². The van der Waals surface area contributed by atoms with Gasteiger partial charge in [-0.15, -0.1) is 0 Å². The van der Waals surface area contributed by atoms with Gasteiger partial charge in [0, 0.05) is 29.9 Å². The van der Waals surface area contributed by atoms with Gasteiger partial charge in [0.25, 0.3) is 5.91 Å². The fourth-order valence-corrected chi connectivity index (χ4v) is 5.29. The molecule has 42 heavy (non-hydrogen) atoms. The molecule has 4 aromatic rings. The molecule has 0 saturated carbocycles. The third kappa shape index (κ3) is 7.56. The summed E-state index contributed by atoms with van der Waals surface area (Å²) in [6.45, 7) is 2.49. The fraction of sp³-hybridized carbons (Fsp3) is 0.235. The van der Waals surface area contributed by atoms with Crippen molar-refractivity contribution < 1.29 is 23.1 Å². The molecule has 1 unspecified atom stereocenters. The predicted molar refractivity (Wildman–Crippen MR) is 166 cm³/mol. The highest BCUT2D eigenvalue weighted by atomic mass is 32.2. The van der Waals surface area contributed by atoms with Crippen LogP contribution in [0.3, 0.4) is 0 Å². The van der Waals surface area contributed by atoms with E-state index in [2.05, 4.69) is 5.32 Å². The Morgan fingerprint density at radius 2 is 1.64 bits per heavy atom. The molecule has 0 spiro atoms. The second-order valence-corrected chi connectivity index (χ2v) is 10.9. The van der Waals surface area contributed by atoms with Gasteiger partial charge in [-0.25, -0.2) is 13.6 Å². The first kappa shape index (κ1) is 30.8. The molecule has 0 saturated heterocycles. The predicted octanol–water partition coefficient (Wildman–Crippen LogP) is 7.17. The Morgan fingerprint density at radius 3 is 2.36 bits per heavy atom. The van der Waals surface area contributed by atoms with Crippen molar-refractivity contribution in [3.05, 3.63) is 125 Å². The van der Waals surface area contributed by atoms with Crippen molar-refractivity contribution in [1.82, 2.24) is 5.32 Å². The number of methoxy groups -OCH3 is 1. The van der Waals surface area contributed by atoms with Gasteiger partial charge in [-0.05, 0) is 77.9 Å². The van der Waals surface area contributed by atoms with Gasteiger partial charge in [0.2, 0.25) is 0 Å². The molecule has 1 atom stereocenters. The molecule has 0 aromatic heterocycles. The lowest BCUT2D eigenvalue weighted by molar-refractivity contribution is -0.142. The number of rotatable bonds is 12. The first-order chi connectivity index (χ1) is 20.3. The molecule has 0 heterocycles. The Hall–Kier alpha value is -4.17. The summed E-state index contributed by atoms with van der Waals surface area (Å²) >= 11 is 1.58. The fourth-order valence-electron chi connectivity index (χ4n) is 4.82. The summed E-state index contributed by atoms with van der Waals surface area (Å²) in [6, 6.07) is 26.3. The number of ether oxygens (including phenoxy) is 1. The van der Waals surface area contributed by atoms with Crippen molar-refractivity contribution in [2.45, 2.75) is 32.5 Å². The maximum atomic E-state index is 14.7. The first-order valence-electron chi connectivity index (χ1n) is 13.6. The molecule has 0 aliphatic carbocycles. The van der Waals surface area contributed by atoms with Crippen LogP contribution < -0.4 is 10.2 Å². The summed E-state index contributed by atoms with van der Waals surface area (Å²) in [4.78, 5) is 28.0. The number of nitrogens with one attached hydrogen (secondary N) is 1. The molecule has 1 amide bonds. The topological polar surface area (TPSA) is 58.6 Å². The van der Waals surface area contributed by atoms with Gasteiger partial charge in [0.1, 0.15) is 6.04 Å². The molecule has 4 rings (SSSR count). The van der Waals surface area contributed by atoms with E-state index in [9.17, 15) is 18.4 Å². The number of esters is 1. The lowest BCUT2D eigenvalue weighted by atomic mass is 9.93. The van der Waals surface area contributed by atoms with Gasteiger partial charge < -0.3 is 15.0 Å². The van der Waals surface area contributed by atoms with Crippen LogP contribution in [-0.2, 0) is 22.6 Å². The second kappa shape index (κ2) is 14.6. The van der Waals surface area contributed by atoms with E-state index in [1.807, 2.05) is 84.8 Å². The van der Waals surface area contributed by atoms with Crippen LogP contribution in [0.25, 0.3) is 11.1 Å². The summed E-state index contributed by atoms with van der Waals surface area (Å²) in [6.07, 6.45) is 2.38. The molecule has 0 aliphatic rings. The molecule has 218 valence electrons. The first-order valence-corrected chi connectivity index (χ1v) is 15.0. The number of halogens is 2. The molecule has 0 aliphatic heterocycles. The summed E-state index contributed by atoms with van der Waals surface area (Å²) in [7, 11) is 1.31. The van der Waals surface area contributed by atoms with Gasteiger partial charge in [0.05, 0.1) is 7.11 Å². The van der Waals surface area contributed by atoms with E-state index in [1.165, 1.54) is 13.2 Å². The van der Waals surface area contributed by atoms with Gasteiger partial charge in [-0.1, -0.05) is 60.7 Å². The van der Waals surface area contributed by atoms with E-state index < -0.39 is 23.6 Å². The monoisotopic (exact) mass is 588 g/mol. The number of hydrogen-bond acceptors (Lipinski definition) is 5. The molecule has 1 N–H and O–H groups in total. The Morgan fingerprint density at radius 1 is 0.905 bits per heavy atom. The van der Waals surface area contributed by atoms with Gasteiger partial charge >= 0.3 is 5.97 Å². The SMILES string of the molecule is COC(=O)C(CCSC)NC(=O)c1ccc(CN(Cc2cccc(F)c2F)c2ccccc2)cc1-c1ccccc1C. The second-order valence-electron chi connectivity index (χ2n) is 9.93. The molecular formula is C34H34F2N2O3S. The van der Waals surface area contributed by atoms with E-state index in [-0.39, 0.29) is 18.0 Å². The molecule has 0 radical (unpaired) electrons. The number of para-hydroxylation sites is 1. The van der Waals surface area contributed by atoms with E-state index in [4.69, 9.17) is 4.74 Å². The Labute approximate surface area is 249 Å². The maximum absolute atomic E-state index is 14.7. The number of carbonyl (C=O) groups excluding carboxylic acids is 2. The maximum Gasteiger partial charge on any atom is 0.328 e. The lowest BCUT2D eigenvalue weighted by Crippen LogP contribution is -2.42. The number of amides is 1. The van der Waals surface area contributed by atoms with Gasteiger partial charge in [-0.2, -0.15) is 11.8 Å². The number of hydrogen-bond donors (Lipinski definition) is 1. The van der Waals surface area contributed by atoms with Crippen LogP contribution in [0.2, 0.25) is 0 Å². The molecule has 5 nitrogen and oxygen atoms in total. The van der Waals surface area contributed by atoms with Crippen LogP contribution in [0.15, 0.2) is 91.0 Å². The summed E-state index contributed by atoms with van der Waals surface area (Å²) < 4.78 is 33.6. The summed E-state index contributed by atoms with van der Waals surface area (Å²) in [5.41, 5.74) is 4.96. The van der Waals surface area contributed by atoms with Crippen LogP contribution >= 0.6 is 11.8 Å². The Kier molecular flexibility index (Phi) is 10.7.